The molecule has 2 aromatic rings. The summed E-state index contributed by atoms with van der Waals surface area (Å²) < 4.78 is 14.4. The number of halogens is 1. The molecular weight excluding hydrogens is 387 g/mol. The molecule has 0 bridgehead atoms. The number of hydrogen-bond donors (Lipinski definition) is 4. The van der Waals surface area contributed by atoms with E-state index in [1.54, 1.807) is 18.2 Å². The largest absolute Gasteiger partial charge is 0.365 e. The molecule has 2 aliphatic rings. The molecule has 5 N–H and O–H groups in total. The van der Waals surface area contributed by atoms with Crippen molar-refractivity contribution in [3.8, 4) is 11.5 Å². The van der Waals surface area contributed by atoms with Gasteiger partial charge in [-0.05, 0) is 50.7 Å². The van der Waals surface area contributed by atoms with Crippen LogP contribution in [0.2, 0.25) is 0 Å². The van der Waals surface area contributed by atoms with Crippen LogP contribution in [0.1, 0.15) is 38.5 Å². The smallest absolute Gasteiger partial charge is 0.317 e. The maximum atomic E-state index is 14.4. The van der Waals surface area contributed by atoms with E-state index in [1.807, 2.05) is 4.90 Å². The summed E-state index contributed by atoms with van der Waals surface area (Å²) in [4.78, 5) is 26.9. The third kappa shape index (κ3) is 4.76. The maximum Gasteiger partial charge on any atom is 0.317 e. The van der Waals surface area contributed by atoms with E-state index < -0.39 is 5.82 Å². The predicted molar refractivity (Wildman–Crippen MR) is 112 cm³/mol. The molecule has 2 aromatic heterocycles. The highest BCUT2D eigenvalue weighted by Crippen LogP contribution is 2.24. The Hall–Kier alpha value is -3.01. The molecule has 10 heteroatoms. The van der Waals surface area contributed by atoms with Gasteiger partial charge in [0.25, 0.3) is 0 Å². The lowest BCUT2D eigenvalue weighted by molar-refractivity contribution is 0.199. The highest BCUT2D eigenvalue weighted by Gasteiger charge is 2.27. The number of rotatable bonds is 5. The summed E-state index contributed by atoms with van der Waals surface area (Å²) in [5.41, 5.74) is 2.97. The summed E-state index contributed by atoms with van der Waals surface area (Å²) in [6, 6.07) is 5.32. The lowest BCUT2D eigenvalue weighted by atomic mass is 9.91. The van der Waals surface area contributed by atoms with Crippen molar-refractivity contribution < 1.29 is 9.18 Å². The van der Waals surface area contributed by atoms with Gasteiger partial charge in [0, 0.05) is 25.2 Å². The molecule has 2 amide bonds. The molecule has 1 saturated heterocycles. The molecule has 2 fully saturated rings. The number of likely N-dealkylation sites (tertiary alicyclic amines) is 1. The van der Waals surface area contributed by atoms with E-state index in [4.69, 9.17) is 5.84 Å². The van der Waals surface area contributed by atoms with Gasteiger partial charge < -0.3 is 21.0 Å². The summed E-state index contributed by atoms with van der Waals surface area (Å²) in [5.74, 6) is 5.81. The van der Waals surface area contributed by atoms with Crippen molar-refractivity contribution in [1.29, 1.82) is 0 Å². The Morgan fingerprint density at radius 1 is 1.13 bits per heavy atom. The van der Waals surface area contributed by atoms with Gasteiger partial charge in [0.1, 0.15) is 11.5 Å². The Labute approximate surface area is 174 Å². The van der Waals surface area contributed by atoms with Gasteiger partial charge >= 0.3 is 6.03 Å². The molecule has 0 aromatic carbocycles. The van der Waals surface area contributed by atoms with Crippen molar-refractivity contribution in [3.05, 3.63) is 30.2 Å². The SMILES string of the molecule is NNc1cccc(-c2ncc(F)c(N[C@H]3CCC[C@@H](NC(=O)N4CCCC4)C3)n2)n1. The van der Waals surface area contributed by atoms with Crippen molar-refractivity contribution in [2.75, 3.05) is 23.8 Å². The van der Waals surface area contributed by atoms with Crippen molar-refractivity contribution in [2.24, 2.45) is 5.84 Å². The van der Waals surface area contributed by atoms with E-state index in [0.717, 1.165) is 57.8 Å². The number of urea groups is 1. The van der Waals surface area contributed by atoms with E-state index >= 15 is 0 Å². The number of pyridine rings is 1. The number of nitrogens with two attached hydrogens (primary N) is 1. The van der Waals surface area contributed by atoms with Crippen LogP contribution < -0.4 is 21.9 Å². The van der Waals surface area contributed by atoms with Crippen LogP contribution in [0.4, 0.5) is 20.8 Å². The number of carbonyl (C=O) groups is 1. The number of nitrogens with zero attached hydrogens (tertiary/aromatic N) is 4. The summed E-state index contributed by atoms with van der Waals surface area (Å²) in [6.07, 6.45) is 6.77. The molecule has 3 heterocycles. The highest BCUT2D eigenvalue weighted by atomic mass is 19.1. The van der Waals surface area contributed by atoms with Crippen molar-refractivity contribution in [3.63, 3.8) is 0 Å². The first-order valence-electron chi connectivity index (χ1n) is 10.4. The van der Waals surface area contributed by atoms with Gasteiger partial charge in [-0.15, -0.1) is 0 Å². The lowest BCUT2D eigenvalue weighted by Crippen LogP contribution is -2.47. The predicted octanol–water partition coefficient (Wildman–Crippen LogP) is 2.49. The van der Waals surface area contributed by atoms with E-state index in [9.17, 15) is 9.18 Å². The minimum absolute atomic E-state index is 0.00752. The van der Waals surface area contributed by atoms with Crippen LogP contribution in [0.25, 0.3) is 11.5 Å². The Bertz CT molecular complexity index is 889. The minimum atomic E-state index is -0.518. The van der Waals surface area contributed by atoms with Gasteiger partial charge in [0.15, 0.2) is 17.5 Å². The van der Waals surface area contributed by atoms with E-state index in [2.05, 4.69) is 31.0 Å². The van der Waals surface area contributed by atoms with Crippen LogP contribution in [0, 0.1) is 5.82 Å². The number of amides is 2. The number of hydrazine groups is 1. The number of carbonyl (C=O) groups excluding carboxylic acids is 1. The van der Waals surface area contributed by atoms with E-state index in [0.29, 0.717) is 17.3 Å². The van der Waals surface area contributed by atoms with Gasteiger partial charge in [-0.25, -0.2) is 30.0 Å². The van der Waals surface area contributed by atoms with Crippen molar-refractivity contribution in [1.82, 2.24) is 25.2 Å². The number of anilines is 2. The molecule has 0 spiro atoms. The summed E-state index contributed by atoms with van der Waals surface area (Å²) in [6.45, 7) is 1.65. The van der Waals surface area contributed by atoms with Gasteiger partial charge in [0.05, 0.1) is 6.20 Å². The molecule has 1 saturated carbocycles. The topological polar surface area (TPSA) is 121 Å². The summed E-state index contributed by atoms with van der Waals surface area (Å²) >= 11 is 0. The number of nitrogen functional groups attached to an aromatic ring is 1. The summed E-state index contributed by atoms with van der Waals surface area (Å²) in [5, 5.41) is 6.33. The normalized spacial score (nSPS) is 21.3. The molecule has 1 aliphatic heterocycles. The first kappa shape index (κ1) is 20.3. The molecule has 2 atom stereocenters. The fourth-order valence-corrected chi connectivity index (χ4v) is 4.06. The first-order valence-corrected chi connectivity index (χ1v) is 10.4. The second-order valence-corrected chi connectivity index (χ2v) is 7.79. The average Bonchev–Trinajstić information content (AvgIpc) is 3.31. The molecule has 0 radical (unpaired) electrons. The lowest BCUT2D eigenvalue weighted by Gasteiger charge is -2.32. The standard InChI is InChI=1S/C20H27FN8O/c21-15-12-23-19(16-7-4-8-17(26-16)28-22)27-18(15)24-13-5-3-6-14(11-13)25-20(30)29-9-1-2-10-29/h4,7-8,12-14H,1-3,5-6,9-11,22H2,(H,25,30)(H,26,28)(H,23,24,27)/t13-,14+/m0/s1. The number of aromatic nitrogens is 3. The Kier molecular flexibility index (Phi) is 6.22. The van der Waals surface area contributed by atoms with E-state index in [1.165, 1.54) is 0 Å². The molecule has 1 aliphatic carbocycles. The molecule has 160 valence electrons. The third-order valence-corrected chi connectivity index (χ3v) is 5.61. The van der Waals surface area contributed by atoms with Crippen LogP contribution in [0.3, 0.4) is 0 Å². The van der Waals surface area contributed by atoms with Crippen LogP contribution in [0.5, 0.6) is 0 Å². The Morgan fingerprint density at radius 3 is 2.73 bits per heavy atom. The van der Waals surface area contributed by atoms with E-state index in [-0.39, 0.29) is 23.9 Å². The van der Waals surface area contributed by atoms with Gasteiger partial charge in [-0.1, -0.05) is 6.07 Å². The molecule has 9 nitrogen and oxygen atoms in total. The van der Waals surface area contributed by atoms with Gasteiger partial charge in [-0.3, -0.25) is 0 Å². The fourth-order valence-electron chi connectivity index (χ4n) is 4.06. The zero-order valence-electron chi connectivity index (χ0n) is 16.8. The third-order valence-electron chi connectivity index (χ3n) is 5.61. The van der Waals surface area contributed by atoms with Crippen LogP contribution in [-0.4, -0.2) is 51.1 Å². The Morgan fingerprint density at radius 2 is 1.93 bits per heavy atom. The molecule has 30 heavy (non-hydrogen) atoms. The van der Waals surface area contributed by atoms with Crippen molar-refractivity contribution >= 4 is 17.7 Å². The zero-order chi connectivity index (χ0) is 20.9. The second kappa shape index (κ2) is 9.21. The fraction of sp³-hybridized carbons (Fsp3) is 0.500. The van der Waals surface area contributed by atoms with Crippen LogP contribution in [-0.2, 0) is 0 Å². The van der Waals surface area contributed by atoms with Gasteiger partial charge in [0.2, 0.25) is 0 Å². The first-order chi connectivity index (χ1) is 14.6. The van der Waals surface area contributed by atoms with Crippen molar-refractivity contribution in [2.45, 2.75) is 50.6 Å². The molecular formula is C20H27FN8O. The van der Waals surface area contributed by atoms with Crippen LogP contribution >= 0.6 is 0 Å². The quantitative estimate of drug-likeness (QED) is 0.438. The molecule has 4 rings (SSSR count). The summed E-state index contributed by atoms with van der Waals surface area (Å²) in [7, 11) is 0. The molecule has 0 unspecified atom stereocenters. The average molecular weight is 414 g/mol. The van der Waals surface area contributed by atoms with Gasteiger partial charge in [-0.2, -0.15) is 0 Å². The zero-order valence-corrected chi connectivity index (χ0v) is 16.8. The second-order valence-electron chi connectivity index (χ2n) is 7.79. The maximum absolute atomic E-state index is 14.4. The van der Waals surface area contributed by atoms with Crippen LogP contribution in [0.15, 0.2) is 24.4 Å². The number of nitrogens with one attached hydrogen (secondary N) is 3. The highest BCUT2D eigenvalue weighted by molar-refractivity contribution is 5.74. The number of hydrogen-bond acceptors (Lipinski definition) is 7. The monoisotopic (exact) mass is 414 g/mol. The Balaban J connectivity index is 1.42. The minimum Gasteiger partial charge on any atom is -0.365 e.